The Hall–Kier alpha value is -1.35. The molecule has 1 aliphatic heterocycles. The van der Waals surface area contributed by atoms with Gasteiger partial charge in [-0.05, 0) is 30.2 Å². The van der Waals surface area contributed by atoms with Crippen LogP contribution in [0.2, 0.25) is 0 Å². The first kappa shape index (κ1) is 15.0. The van der Waals surface area contributed by atoms with Crippen LogP contribution in [0.1, 0.15) is 32.8 Å². The second-order valence-electron chi connectivity index (χ2n) is 6.22. The Morgan fingerprint density at radius 3 is 2.60 bits per heavy atom. The molecule has 3 heteroatoms. The van der Waals surface area contributed by atoms with E-state index in [0.29, 0.717) is 18.5 Å². The molecule has 0 radical (unpaired) electrons. The summed E-state index contributed by atoms with van der Waals surface area (Å²) in [5.41, 5.74) is 1.30. The number of carbonyl (C=O) groups excluding carboxylic acids is 1. The van der Waals surface area contributed by atoms with Crippen LogP contribution in [0, 0.1) is 11.8 Å². The largest absolute Gasteiger partial charge is 0.328 e. The van der Waals surface area contributed by atoms with Crippen molar-refractivity contribution in [3.05, 3.63) is 35.9 Å². The Morgan fingerprint density at radius 1 is 1.25 bits per heavy atom. The third-order valence-corrected chi connectivity index (χ3v) is 4.35. The third kappa shape index (κ3) is 3.83. The van der Waals surface area contributed by atoms with Gasteiger partial charge in [0.05, 0.1) is 12.7 Å². The molecular weight excluding hydrogens is 248 g/mol. The van der Waals surface area contributed by atoms with Crippen molar-refractivity contribution in [1.29, 1.82) is 0 Å². The molecule has 20 heavy (non-hydrogen) atoms. The first-order valence-electron chi connectivity index (χ1n) is 7.64. The molecule has 0 saturated carbocycles. The molecule has 0 spiro atoms. The fraction of sp³-hybridized carbons (Fsp3) is 0.588. The summed E-state index contributed by atoms with van der Waals surface area (Å²) in [4.78, 5) is 14.3. The number of rotatable bonds is 6. The van der Waals surface area contributed by atoms with Crippen LogP contribution in [0.4, 0.5) is 0 Å². The van der Waals surface area contributed by atoms with Crippen LogP contribution < -0.4 is 5.32 Å². The lowest BCUT2D eigenvalue weighted by atomic mass is 9.97. The van der Waals surface area contributed by atoms with Crippen LogP contribution in [-0.2, 0) is 11.2 Å². The topological polar surface area (TPSA) is 32.3 Å². The quantitative estimate of drug-likeness (QED) is 0.865. The van der Waals surface area contributed by atoms with Gasteiger partial charge < -0.3 is 4.90 Å². The summed E-state index contributed by atoms with van der Waals surface area (Å²) in [7, 11) is 0. The standard InChI is InChI=1S/C17H26N2O/c1-13(2)14(3)11-19-12-18-16(17(19)20)10-9-15-7-5-4-6-8-15/h4-8,13-14,16,18H,9-12H2,1-3H3. The second-order valence-corrected chi connectivity index (χ2v) is 6.22. The van der Waals surface area contributed by atoms with Crippen molar-refractivity contribution in [2.75, 3.05) is 13.2 Å². The van der Waals surface area contributed by atoms with E-state index in [0.717, 1.165) is 19.4 Å². The van der Waals surface area contributed by atoms with Gasteiger partial charge in [-0.3, -0.25) is 10.1 Å². The van der Waals surface area contributed by atoms with E-state index in [4.69, 9.17) is 0 Å². The molecule has 1 fully saturated rings. The lowest BCUT2D eigenvalue weighted by Gasteiger charge is -2.23. The maximum Gasteiger partial charge on any atom is 0.240 e. The highest BCUT2D eigenvalue weighted by molar-refractivity contribution is 5.83. The summed E-state index contributed by atoms with van der Waals surface area (Å²) < 4.78 is 0. The van der Waals surface area contributed by atoms with Gasteiger partial charge in [-0.1, -0.05) is 51.1 Å². The average Bonchev–Trinajstić information content (AvgIpc) is 2.78. The van der Waals surface area contributed by atoms with E-state index >= 15 is 0 Å². The fourth-order valence-electron chi connectivity index (χ4n) is 2.50. The number of nitrogens with one attached hydrogen (secondary N) is 1. The number of nitrogens with zero attached hydrogens (tertiary/aromatic N) is 1. The minimum atomic E-state index is -0.00503. The van der Waals surface area contributed by atoms with Crippen LogP contribution in [0.5, 0.6) is 0 Å². The fourth-order valence-corrected chi connectivity index (χ4v) is 2.50. The molecule has 2 unspecified atom stereocenters. The Morgan fingerprint density at radius 2 is 1.95 bits per heavy atom. The van der Waals surface area contributed by atoms with Crippen molar-refractivity contribution >= 4 is 5.91 Å². The maximum atomic E-state index is 12.3. The summed E-state index contributed by atoms with van der Waals surface area (Å²) in [6, 6.07) is 10.4. The number of carbonyl (C=O) groups is 1. The monoisotopic (exact) mass is 274 g/mol. The van der Waals surface area contributed by atoms with Crippen LogP contribution in [0.3, 0.4) is 0 Å². The summed E-state index contributed by atoms with van der Waals surface area (Å²) in [6.07, 6.45) is 1.84. The van der Waals surface area contributed by atoms with Gasteiger partial charge in [-0.25, -0.2) is 0 Å². The van der Waals surface area contributed by atoms with Crippen molar-refractivity contribution < 1.29 is 4.79 Å². The predicted molar refractivity (Wildman–Crippen MR) is 82.3 cm³/mol. The van der Waals surface area contributed by atoms with Crippen molar-refractivity contribution in [3.63, 3.8) is 0 Å². The molecular formula is C17H26N2O. The molecule has 1 saturated heterocycles. The van der Waals surface area contributed by atoms with Gasteiger partial charge in [0.1, 0.15) is 0 Å². The van der Waals surface area contributed by atoms with Crippen molar-refractivity contribution in [2.24, 2.45) is 11.8 Å². The Kier molecular flexibility index (Phi) is 5.18. The molecule has 110 valence electrons. The van der Waals surface area contributed by atoms with Gasteiger partial charge in [0.15, 0.2) is 0 Å². The number of amides is 1. The van der Waals surface area contributed by atoms with Gasteiger partial charge >= 0.3 is 0 Å². The molecule has 2 rings (SSSR count). The SMILES string of the molecule is CC(C)C(C)CN1CNC(CCc2ccccc2)C1=O. The van der Waals surface area contributed by atoms with E-state index in [9.17, 15) is 4.79 Å². The molecule has 3 nitrogen and oxygen atoms in total. The van der Waals surface area contributed by atoms with Crippen LogP contribution in [0.15, 0.2) is 30.3 Å². The zero-order valence-electron chi connectivity index (χ0n) is 12.8. The first-order valence-corrected chi connectivity index (χ1v) is 7.64. The van der Waals surface area contributed by atoms with Crippen molar-refractivity contribution in [3.8, 4) is 0 Å². The highest BCUT2D eigenvalue weighted by atomic mass is 16.2. The van der Waals surface area contributed by atoms with Crippen LogP contribution in [-0.4, -0.2) is 30.1 Å². The zero-order valence-corrected chi connectivity index (χ0v) is 12.8. The molecule has 2 atom stereocenters. The smallest absolute Gasteiger partial charge is 0.240 e. The Balaban J connectivity index is 1.82. The van der Waals surface area contributed by atoms with E-state index < -0.39 is 0 Å². The van der Waals surface area contributed by atoms with Crippen LogP contribution in [0.25, 0.3) is 0 Å². The Labute approximate surface area is 122 Å². The van der Waals surface area contributed by atoms with Gasteiger partial charge in [-0.15, -0.1) is 0 Å². The minimum absolute atomic E-state index is 0.00503. The van der Waals surface area contributed by atoms with Gasteiger partial charge in [-0.2, -0.15) is 0 Å². The molecule has 1 aliphatic rings. The summed E-state index contributed by atoms with van der Waals surface area (Å²) in [5.74, 6) is 1.44. The number of hydrogen-bond donors (Lipinski definition) is 1. The molecule has 1 amide bonds. The second kappa shape index (κ2) is 6.89. The van der Waals surface area contributed by atoms with Gasteiger partial charge in [0.25, 0.3) is 0 Å². The minimum Gasteiger partial charge on any atom is -0.328 e. The van der Waals surface area contributed by atoms with Gasteiger partial charge in [0, 0.05) is 6.54 Å². The molecule has 1 aromatic rings. The summed E-state index contributed by atoms with van der Waals surface area (Å²) in [6.45, 7) is 8.22. The highest BCUT2D eigenvalue weighted by Gasteiger charge is 2.31. The number of benzene rings is 1. The van der Waals surface area contributed by atoms with E-state index in [1.165, 1.54) is 5.56 Å². The molecule has 1 heterocycles. The van der Waals surface area contributed by atoms with Crippen molar-refractivity contribution in [2.45, 2.75) is 39.7 Å². The van der Waals surface area contributed by atoms with E-state index in [-0.39, 0.29) is 11.9 Å². The molecule has 1 N–H and O–H groups in total. The summed E-state index contributed by atoms with van der Waals surface area (Å²) in [5, 5.41) is 3.35. The average molecular weight is 274 g/mol. The molecule has 0 aliphatic carbocycles. The van der Waals surface area contributed by atoms with E-state index in [1.54, 1.807) is 0 Å². The first-order chi connectivity index (χ1) is 9.58. The lowest BCUT2D eigenvalue weighted by Crippen LogP contribution is -2.34. The predicted octanol–water partition coefficient (Wildman–Crippen LogP) is 2.67. The van der Waals surface area contributed by atoms with Crippen LogP contribution >= 0.6 is 0 Å². The lowest BCUT2D eigenvalue weighted by molar-refractivity contribution is -0.129. The summed E-state index contributed by atoms with van der Waals surface area (Å²) >= 11 is 0. The third-order valence-electron chi connectivity index (χ3n) is 4.35. The molecule has 0 bridgehead atoms. The highest BCUT2D eigenvalue weighted by Crippen LogP contribution is 2.16. The number of hydrogen-bond acceptors (Lipinski definition) is 2. The number of aryl methyl sites for hydroxylation is 1. The van der Waals surface area contributed by atoms with E-state index in [1.807, 2.05) is 11.0 Å². The molecule has 1 aromatic carbocycles. The Bertz CT molecular complexity index is 430. The normalized spacial score (nSPS) is 20.7. The van der Waals surface area contributed by atoms with Crippen molar-refractivity contribution in [1.82, 2.24) is 10.2 Å². The molecule has 0 aromatic heterocycles. The zero-order chi connectivity index (χ0) is 14.5. The van der Waals surface area contributed by atoms with Gasteiger partial charge in [0.2, 0.25) is 5.91 Å². The van der Waals surface area contributed by atoms with E-state index in [2.05, 4.69) is 50.4 Å². The maximum absolute atomic E-state index is 12.3.